The predicted octanol–water partition coefficient (Wildman–Crippen LogP) is 8.01. The molecule has 7 rings (SSSR count). The molecule has 0 unspecified atom stereocenters. The van der Waals surface area contributed by atoms with Crippen molar-refractivity contribution in [2.24, 2.45) is 0 Å². The van der Waals surface area contributed by atoms with Crippen LogP contribution in [0.15, 0.2) is 122 Å². The number of imidazole rings is 1. The maximum absolute atomic E-state index is 4.87. The van der Waals surface area contributed by atoms with Crippen LogP contribution in [0.4, 0.5) is 0 Å². The minimum Gasteiger partial charge on any atom is -0.374 e. The first kappa shape index (κ1) is 36.9. The number of fused-ring (bicyclic) bond motifs is 1. The third kappa shape index (κ3) is 8.60. The van der Waals surface area contributed by atoms with Gasteiger partial charge in [0, 0.05) is 84.2 Å². The van der Waals surface area contributed by atoms with Crippen LogP contribution in [-0.2, 0) is 58.2 Å². The van der Waals surface area contributed by atoms with Crippen molar-refractivity contribution in [3.63, 3.8) is 0 Å². The van der Waals surface area contributed by atoms with Crippen molar-refractivity contribution >= 4 is 19.4 Å². The summed E-state index contributed by atoms with van der Waals surface area (Å²) in [4.78, 5) is 17.8. The van der Waals surface area contributed by atoms with Crippen LogP contribution in [0.5, 0.6) is 0 Å². The van der Waals surface area contributed by atoms with Gasteiger partial charge < -0.3 is 20.6 Å². The summed E-state index contributed by atoms with van der Waals surface area (Å²) in [5.41, 5.74) is 7.72. The van der Waals surface area contributed by atoms with Crippen LogP contribution < -0.4 is 0 Å². The minimum atomic E-state index is 0. The van der Waals surface area contributed by atoms with Gasteiger partial charge in [-0.05, 0) is 42.4 Å². The molecule has 225 valence electrons. The fourth-order valence-electron chi connectivity index (χ4n) is 4.65. The molecule has 3 aromatic heterocycles. The monoisotopic (exact) mass is 848 g/mol. The SMILES string of the molecule is CC(C)(C)c1ccnc(-c2[c-]cccc2)n1.[B].[Ir].[Y].[c-]1ccc(-c2[c-]nccc2)[c-]c1-c1nc2ccccc2n1-c1ccccc1. The molecule has 8 heteroatoms. The molecule has 0 N–H and O–H groups in total. The van der Waals surface area contributed by atoms with E-state index >= 15 is 0 Å². The zero-order valence-electron chi connectivity index (χ0n) is 25.8. The van der Waals surface area contributed by atoms with Crippen LogP contribution >= 0.6 is 0 Å². The fourth-order valence-corrected chi connectivity index (χ4v) is 4.65. The third-order valence-electron chi connectivity index (χ3n) is 6.81. The number of pyridine rings is 1. The molecule has 0 fully saturated rings. The van der Waals surface area contributed by atoms with Gasteiger partial charge in [-0.25, -0.2) is 6.07 Å². The van der Waals surface area contributed by atoms with Crippen LogP contribution in [0.1, 0.15) is 26.5 Å². The molecule has 0 aliphatic rings. The molecule has 0 spiro atoms. The van der Waals surface area contributed by atoms with Crippen molar-refractivity contribution in [3.8, 4) is 39.6 Å². The summed E-state index contributed by atoms with van der Waals surface area (Å²) < 4.78 is 2.15. The van der Waals surface area contributed by atoms with E-state index in [0.717, 1.165) is 56.3 Å². The molecule has 5 nitrogen and oxygen atoms in total. The number of rotatable bonds is 4. The minimum absolute atomic E-state index is 0. The number of para-hydroxylation sites is 3. The molecular formula is C38H29BIrN5Y-4. The van der Waals surface area contributed by atoms with Crippen LogP contribution in [0, 0.1) is 24.4 Å². The molecule has 0 aliphatic carbocycles. The van der Waals surface area contributed by atoms with Crippen LogP contribution in [0.3, 0.4) is 0 Å². The summed E-state index contributed by atoms with van der Waals surface area (Å²) in [7, 11) is 0. The van der Waals surface area contributed by atoms with Gasteiger partial charge in [-0.3, -0.25) is 33.2 Å². The molecule has 5 radical (unpaired) electrons. The Kier molecular flexibility index (Phi) is 13.5. The molecule has 0 saturated carbocycles. The molecule has 7 aromatic rings. The van der Waals surface area contributed by atoms with Crippen LogP contribution in [0.25, 0.3) is 50.6 Å². The Morgan fingerprint density at radius 1 is 0.674 bits per heavy atom. The first-order valence-corrected chi connectivity index (χ1v) is 14.1. The molecule has 46 heavy (non-hydrogen) atoms. The van der Waals surface area contributed by atoms with Crippen molar-refractivity contribution in [1.29, 1.82) is 0 Å². The summed E-state index contributed by atoms with van der Waals surface area (Å²) in [6.07, 6.45) is 6.54. The van der Waals surface area contributed by atoms with E-state index in [1.807, 2.05) is 97.2 Å². The predicted molar refractivity (Wildman–Crippen MR) is 177 cm³/mol. The van der Waals surface area contributed by atoms with E-state index in [4.69, 9.17) is 4.98 Å². The van der Waals surface area contributed by atoms with E-state index in [1.165, 1.54) is 0 Å². The molecule has 0 saturated heterocycles. The molecule has 0 aliphatic heterocycles. The van der Waals surface area contributed by atoms with E-state index in [9.17, 15) is 0 Å². The maximum atomic E-state index is 4.87. The van der Waals surface area contributed by atoms with Gasteiger partial charge in [0.15, 0.2) is 0 Å². The second-order valence-electron chi connectivity index (χ2n) is 10.9. The summed E-state index contributed by atoms with van der Waals surface area (Å²) >= 11 is 0. The Hall–Kier alpha value is -3.60. The largest absolute Gasteiger partial charge is 0.374 e. The number of aromatic nitrogens is 5. The van der Waals surface area contributed by atoms with Gasteiger partial charge in [0.25, 0.3) is 0 Å². The van der Waals surface area contributed by atoms with E-state index in [-0.39, 0.29) is 66.6 Å². The first-order chi connectivity index (χ1) is 21.0. The van der Waals surface area contributed by atoms with Crippen LogP contribution in [0.2, 0.25) is 0 Å². The molecule has 3 heterocycles. The van der Waals surface area contributed by atoms with Crippen molar-refractivity contribution in [2.75, 3.05) is 0 Å². The molecule has 0 amide bonds. The quantitative estimate of drug-likeness (QED) is 0.133. The zero-order chi connectivity index (χ0) is 29.6. The standard InChI is InChI=1S/C24H14N3.C14H15N2.B.Ir.Y/c1-2-11-21(12-3-1)27-23-14-5-4-13-22(23)26-24(27)19-9-6-8-18(16-19)20-10-7-15-25-17-20;1-14(2,3)12-9-10-15-13(16-12)11-7-5-4-6-8-11;;;/h1-8,10-15H;4-7,9-10H,1-3H3;;;/q-3;-1;;;. The van der Waals surface area contributed by atoms with E-state index in [1.54, 1.807) is 6.20 Å². The van der Waals surface area contributed by atoms with Crippen molar-refractivity contribution in [1.82, 2.24) is 24.5 Å². The average Bonchev–Trinajstić information content (AvgIpc) is 3.46. The Morgan fingerprint density at radius 3 is 2.13 bits per heavy atom. The summed E-state index contributed by atoms with van der Waals surface area (Å²) in [6.45, 7) is 6.44. The van der Waals surface area contributed by atoms with Gasteiger partial charge in [0.1, 0.15) is 0 Å². The normalized spacial score (nSPS) is 10.4. The molecule has 0 bridgehead atoms. The van der Waals surface area contributed by atoms with Crippen molar-refractivity contribution in [2.45, 2.75) is 26.2 Å². The van der Waals surface area contributed by atoms with E-state index in [2.05, 4.69) is 82.9 Å². The van der Waals surface area contributed by atoms with Crippen molar-refractivity contribution in [3.05, 3.63) is 152 Å². The van der Waals surface area contributed by atoms with E-state index < -0.39 is 0 Å². The van der Waals surface area contributed by atoms with Gasteiger partial charge in [-0.15, -0.1) is 48.0 Å². The number of hydrogen-bond donors (Lipinski definition) is 0. The maximum Gasteiger partial charge on any atom is 0.0751 e. The first-order valence-electron chi connectivity index (χ1n) is 14.1. The van der Waals surface area contributed by atoms with Gasteiger partial charge in [0.2, 0.25) is 0 Å². The second kappa shape index (κ2) is 16.8. The third-order valence-corrected chi connectivity index (χ3v) is 6.81. The number of nitrogens with zero attached hydrogens (tertiary/aromatic N) is 5. The Bertz CT molecular complexity index is 1960. The van der Waals surface area contributed by atoms with Gasteiger partial charge in [-0.2, -0.15) is 5.56 Å². The van der Waals surface area contributed by atoms with Gasteiger partial charge in [0.05, 0.1) is 16.9 Å². The number of hydrogen-bond acceptors (Lipinski definition) is 4. The van der Waals surface area contributed by atoms with Gasteiger partial charge >= 0.3 is 0 Å². The molecule has 4 aromatic carbocycles. The topological polar surface area (TPSA) is 56.5 Å². The average molecular weight is 848 g/mol. The van der Waals surface area contributed by atoms with E-state index in [0.29, 0.717) is 0 Å². The van der Waals surface area contributed by atoms with Gasteiger partial charge in [-0.1, -0.05) is 57.3 Å². The van der Waals surface area contributed by atoms with Crippen molar-refractivity contribution < 1.29 is 52.8 Å². The summed E-state index contributed by atoms with van der Waals surface area (Å²) in [6, 6.07) is 45.7. The zero-order valence-corrected chi connectivity index (χ0v) is 31.0. The Morgan fingerprint density at radius 2 is 1.41 bits per heavy atom. The Labute approximate surface area is 311 Å². The molecule has 0 atom stereocenters. The second-order valence-corrected chi connectivity index (χ2v) is 10.9. The Balaban J connectivity index is 0.000000264. The summed E-state index contributed by atoms with van der Waals surface area (Å²) in [5, 5.41) is 0. The fraction of sp³-hybridized carbons (Fsp3) is 0.105. The molecular weight excluding hydrogens is 818 g/mol. The smallest absolute Gasteiger partial charge is 0.0751 e. The number of benzene rings is 4. The summed E-state index contributed by atoms with van der Waals surface area (Å²) in [5.74, 6) is 1.56. The van der Waals surface area contributed by atoms with Crippen LogP contribution in [-0.4, -0.2) is 32.9 Å².